The van der Waals surface area contributed by atoms with Crippen molar-refractivity contribution in [3.63, 3.8) is 0 Å². The van der Waals surface area contributed by atoms with E-state index in [1.807, 2.05) is 19.9 Å². The summed E-state index contributed by atoms with van der Waals surface area (Å²) in [7, 11) is 0. The van der Waals surface area contributed by atoms with E-state index < -0.39 is 5.97 Å². The van der Waals surface area contributed by atoms with E-state index in [2.05, 4.69) is 26.9 Å². The molecule has 1 aromatic carbocycles. The van der Waals surface area contributed by atoms with E-state index >= 15 is 0 Å². The van der Waals surface area contributed by atoms with Crippen LogP contribution >= 0.6 is 0 Å². The minimum Gasteiger partial charge on any atom is -0.462 e. The van der Waals surface area contributed by atoms with E-state index in [4.69, 9.17) is 4.74 Å². The average molecular weight is 489 g/mol. The molecule has 0 amide bonds. The molecule has 0 aliphatic heterocycles. The van der Waals surface area contributed by atoms with Gasteiger partial charge in [-0.15, -0.1) is 0 Å². The Morgan fingerprint density at radius 2 is 1.83 bits per heavy atom. The monoisotopic (exact) mass is 488 g/mol. The number of carbonyl (C=O) groups is 1. The Morgan fingerprint density at radius 3 is 2.58 bits per heavy atom. The fraction of sp³-hybridized carbons (Fsp3) is 0.346. The third-order valence-electron chi connectivity index (χ3n) is 5.55. The fourth-order valence-electron chi connectivity index (χ4n) is 3.92. The van der Waals surface area contributed by atoms with Crippen molar-refractivity contribution in [1.82, 2.24) is 28.9 Å². The normalized spacial score (nSPS) is 10.9. The minimum absolute atomic E-state index is 0.279. The van der Waals surface area contributed by atoms with Crippen LogP contribution in [0, 0.1) is 11.8 Å². The fourth-order valence-corrected chi connectivity index (χ4v) is 3.92. The molecule has 0 radical (unpaired) electrons. The van der Waals surface area contributed by atoms with E-state index in [-0.39, 0.29) is 17.8 Å². The summed E-state index contributed by atoms with van der Waals surface area (Å²) in [5.74, 6) is 6.07. The zero-order valence-corrected chi connectivity index (χ0v) is 20.6. The number of fused-ring (bicyclic) bond motifs is 1. The lowest BCUT2D eigenvalue weighted by atomic mass is 10.1. The minimum atomic E-state index is -0.409. The standard InChI is InChI=1S/C26H28N6O4/c1-4-13-31-23-21(24(33)32(14-5-2)26(31)35)28-22(29-23)19-16-27-30(17-19)15-9-11-18-10-7-8-12-20(18)25(34)36-6-3/h7-8,10,12,16-17H,4-6,13-15H2,1-3H3,(H,28,29). The number of carbonyl (C=O) groups excluding carboxylic acids is 1. The second-order valence-corrected chi connectivity index (χ2v) is 8.17. The topological polar surface area (TPSA) is 117 Å². The number of nitrogens with one attached hydrogen (secondary N) is 1. The third-order valence-corrected chi connectivity index (χ3v) is 5.55. The molecule has 0 spiro atoms. The molecule has 0 unspecified atom stereocenters. The van der Waals surface area contributed by atoms with Gasteiger partial charge in [0.15, 0.2) is 5.65 Å². The van der Waals surface area contributed by atoms with Gasteiger partial charge in [0.25, 0.3) is 5.56 Å². The number of benzene rings is 1. The van der Waals surface area contributed by atoms with Gasteiger partial charge in [-0.2, -0.15) is 5.10 Å². The summed E-state index contributed by atoms with van der Waals surface area (Å²) in [6.45, 7) is 7.03. The van der Waals surface area contributed by atoms with Gasteiger partial charge in [-0.1, -0.05) is 37.8 Å². The number of H-pyrrole nitrogens is 1. The second kappa shape index (κ2) is 10.9. The van der Waals surface area contributed by atoms with Crippen LogP contribution < -0.4 is 11.2 Å². The first-order valence-electron chi connectivity index (χ1n) is 12.0. The summed E-state index contributed by atoms with van der Waals surface area (Å²) in [6.07, 6.45) is 4.79. The van der Waals surface area contributed by atoms with Crippen molar-refractivity contribution < 1.29 is 9.53 Å². The molecule has 4 aromatic rings. The summed E-state index contributed by atoms with van der Waals surface area (Å²) < 4.78 is 9.53. The first kappa shape index (κ1) is 24.7. The van der Waals surface area contributed by atoms with Gasteiger partial charge in [-0.3, -0.25) is 18.6 Å². The molecule has 3 heterocycles. The van der Waals surface area contributed by atoms with Gasteiger partial charge in [0.1, 0.15) is 17.9 Å². The quantitative estimate of drug-likeness (QED) is 0.301. The highest BCUT2D eigenvalue weighted by atomic mass is 16.5. The summed E-state index contributed by atoms with van der Waals surface area (Å²) in [5.41, 5.74) is 1.59. The maximum Gasteiger partial charge on any atom is 0.339 e. The molecular weight excluding hydrogens is 460 g/mol. The van der Waals surface area contributed by atoms with E-state index in [0.29, 0.717) is 59.8 Å². The first-order valence-corrected chi connectivity index (χ1v) is 12.0. The lowest BCUT2D eigenvalue weighted by Crippen LogP contribution is -2.40. The summed E-state index contributed by atoms with van der Waals surface area (Å²) in [4.78, 5) is 45.6. The Morgan fingerprint density at radius 1 is 1.08 bits per heavy atom. The van der Waals surface area contributed by atoms with Gasteiger partial charge in [0, 0.05) is 24.8 Å². The number of hydrogen-bond acceptors (Lipinski definition) is 6. The van der Waals surface area contributed by atoms with Crippen LogP contribution in [0.4, 0.5) is 0 Å². The van der Waals surface area contributed by atoms with Crippen LogP contribution in [0.5, 0.6) is 0 Å². The molecule has 0 bridgehead atoms. The number of rotatable bonds is 8. The predicted octanol–water partition coefficient (Wildman–Crippen LogP) is 2.80. The Labute approximate surface area is 207 Å². The Bertz CT molecular complexity index is 1580. The van der Waals surface area contributed by atoms with Gasteiger partial charge < -0.3 is 9.72 Å². The number of imidazole rings is 1. The summed E-state index contributed by atoms with van der Waals surface area (Å²) >= 11 is 0. The number of hydrogen-bond donors (Lipinski definition) is 1. The van der Waals surface area contributed by atoms with Gasteiger partial charge >= 0.3 is 11.7 Å². The van der Waals surface area contributed by atoms with Crippen molar-refractivity contribution in [2.75, 3.05) is 6.61 Å². The van der Waals surface area contributed by atoms with Crippen molar-refractivity contribution in [1.29, 1.82) is 0 Å². The van der Waals surface area contributed by atoms with Crippen LogP contribution in [-0.2, 0) is 24.4 Å². The first-order chi connectivity index (χ1) is 17.5. The Balaban J connectivity index is 1.63. The second-order valence-electron chi connectivity index (χ2n) is 8.17. The van der Waals surface area contributed by atoms with Crippen molar-refractivity contribution in [2.45, 2.75) is 53.2 Å². The zero-order chi connectivity index (χ0) is 25.7. The number of aromatic amines is 1. The molecule has 186 valence electrons. The third kappa shape index (κ3) is 4.86. The number of aromatic nitrogens is 6. The van der Waals surface area contributed by atoms with Crippen LogP contribution in [0.3, 0.4) is 0 Å². The predicted molar refractivity (Wildman–Crippen MR) is 136 cm³/mol. The molecule has 0 saturated carbocycles. The molecule has 36 heavy (non-hydrogen) atoms. The average Bonchev–Trinajstić information content (AvgIpc) is 3.53. The number of aryl methyl sites for hydroxylation is 1. The van der Waals surface area contributed by atoms with Crippen LogP contribution in [0.25, 0.3) is 22.6 Å². The highest BCUT2D eigenvalue weighted by Gasteiger charge is 2.18. The van der Waals surface area contributed by atoms with Gasteiger partial charge in [-0.25, -0.2) is 14.6 Å². The molecular formula is C26H28N6O4. The zero-order valence-electron chi connectivity index (χ0n) is 20.6. The van der Waals surface area contributed by atoms with Crippen LogP contribution in [0.1, 0.15) is 49.5 Å². The van der Waals surface area contributed by atoms with E-state index in [1.54, 1.807) is 46.8 Å². The van der Waals surface area contributed by atoms with Crippen molar-refractivity contribution in [3.05, 3.63) is 68.6 Å². The van der Waals surface area contributed by atoms with Crippen molar-refractivity contribution >= 4 is 17.1 Å². The molecule has 1 N–H and O–H groups in total. The summed E-state index contributed by atoms with van der Waals surface area (Å²) in [6, 6.07) is 7.03. The smallest absolute Gasteiger partial charge is 0.339 e. The van der Waals surface area contributed by atoms with Crippen LogP contribution in [-0.4, -0.2) is 41.5 Å². The van der Waals surface area contributed by atoms with Gasteiger partial charge in [0.05, 0.1) is 23.9 Å². The molecule has 10 heteroatoms. The maximum atomic E-state index is 12.9. The van der Waals surface area contributed by atoms with Crippen LogP contribution in [0.15, 0.2) is 46.2 Å². The molecule has 0 atom stereocenters. The highest BCUT2D eigenvalue weighted by molar-refractivity contribution is 5.92. The van der Waals surface area contributed by atoms with Crippen LogP contribution in [0.2, 0.25) is 0 Å². The summed E-state index contributed by atoms with van der Waals surface area (Å²) in [5, 5.41) is 4.34. The molecule has 4 rings (SSSR count). The number of nitrogens with zero attached hydrogens (tertiary/aromatic N) is 5. The van der Waals surface area contributed by atoms with Gasteiger partial charge in [0.2, 0.25) is 0 Å². The SMILES string of the molecule is CCCn1c(=O)c2[nH]c(-c3cnn(CC#Cc4ccccc4C(=O)OCC)c3)nc2n(CCC)c1=O. The number of ether oxygens (including phenoxy) is 1. The van der Waals surface area contributed by atoms with E-state index in [0.717, 1.165) is 6.42 Å². The molecule has 0 aliphatic rings. The molecule has 10 nitrogen and oxygen atoms in total. The lowest BCUT2D eigenvalue weighted by Gasteiger charge is -2.09. The van der Waals surface area contributed by atoms with Crippen molar-refractivity contribution in [3.8, 4) is 23.2 Å². The molecule has 3 aromatic heterocycles. The molecule has 0 saturated heterocycles. The maximum absolute atomic E-state index is 12.9. The Hall–Kier alpha value is -4.39. The van der Waals surface area contributed by atoms with E-state index in [9.17, 15) is 14.4 Å². The molecule has 0 fully saturated rings. The lowest BCUT2D eigenvalue weighted by molar-refractivity contribution is 0.0526. The molecule has 0 aliphatic carbocycles. The van der Waals surface area contributed by atoms with E-state index in [1.165, 1.54) is 4.57 Å². The Kier molecular flexibility index (Phi) is 7.49. The van der Waals surface area contributed by atoms with Gasteiger partial charge in [-0.05, 0) is 31.9 Å². The number of esters is 1. The largest absolute Gasteiger partial charge is 0.462 e. The highest BCUT2D eigenvalue weighted by Crippen LogP contribution is 2.18. The van der Waals surface area contributed by atoms with Crippen molar-refractivity contribution in [2.24, 2.45) is 0 Å².